The summed E-state index contributed by atoms with van der Waals surface area (Å²) in [6.45, 7) is 2.52. The van der Waals surface area contributed by atoms with Crippen LogP contribution in [0.5, 0.6) is 0 Å². The third-order valence-electron chi connectivity index (χ3n) is 3.66. The molecule has 94 valence electrons. The van der Waals surface area contributed by atoms with E-state index in [4.69, 9.17) is 5.73 Å². The van der Waals surface area contributed by atoms with Gasteiger partial charge in [-0.3, -0.25) is 9.89 Å². The van der Waals surface area contributed by atoms with Crippen LogP contribution in [0.1, 0.15) is 32.0 Å². The summed E-state index contributed by atoms with van der Waals surface area (Å²) in [4.78, 5) is 16.1. The van der Waals surface area contributed by atoms with Crippen LogP contribution in [-0.4, -0.2) is 33.7 Å². The van der Waals surface area contributed by atoms with Crippen molar-refractivity contribution in [1.82, 2.24) is 20.5 Å². The van der Waals surface area contributed by atoms with Crippen molar-refractivity contribution in [3.8, 4) is 0 Å². The van der Waals surface area contributed by atoms with Gasteiger partial charge in [-0.05, 0) is 19.8 Å². The van der Waals surface area contributed by atoms with Crippen molar-refractivity contribution in [2.75, 3.05) is 6.54 Å². The van der Waals surface area contributed by atoms with E-state index in [-0.39, 0.29) is 11.9 Å². The van der Waals surface area contributed by atoms with E-state index in [9.17, 15) is 4.79 Å². The third kappa shape index (κ3) is 2.46. The summed E-state index contributed by atoms with van der Waals surface area (Å²) in [5, 5.41) is 9.44. The standard InChI is InChI=1S/C11H19N5O/c1-11(5-2-3-8(11)12)10(17)13-6-4-9-14-7-15-16-9/h7-8H,2-6,12H2,1H3,(H,13,17)(H,14,15,16). The predicted molar refractivity (Wildman–Crippen MR) is 63.0 cm³/mol. The first-order valence-corrected chi connectivity index (χ1v) is 6.01. The van der Waals surface area contributed by atoms with Gasteiger partial charge in [0.25, 0.3) is 0 Å². The monoisotopic (exact) mass is 237 g/mol. The van der Waals surface area contributed by atoms with Gasteiger partial charge in [-0.2, -0.15) is 5.10 Å². The first-order chi connectivity index (χ1) is 8.13. The fourth-order valence-electron chi connectivity index (χ4n) is 2.32. The van der Waals surface area contributed by atoms with E-state index < -0.39 is 5.41 Å². The van der Waals surface area contributed by atoms with E-state index >= 15 is 0 Å². The molecule has 1 amide bonds. The number of hydrogen-bond acceptors (Lipinski definition) is 4. The highest BCUT2D eigenvalue weighted by molar-refractivity contribution is 5.83. The summed E-state index contributed by atoms with van der Waals surface area (Å²) in [7, 11) is 0. The molecule has 6 nitrogen and oxygen atoms in total. The smallest absolute Gasteiger partial charge is 0.227 e. The second-order valence-corrected chi connectivity index (χ2v) is 4.85. The van der Waals surface area contributed by atoms with Crippen LogP contribution in [0.15, 0.2) is 6.33 Å². The second kappa shape index (κ2) is 4.83. The summed E-state index contributed by atoms with van der Waals surface area (Å²) < 4.78 is 0. The molecule has 17 heavy (non-hydrogen) atoms. The lowest BCUT2D eigenvalue weighted by molar-refractivity contribution is -0.130. The van der Waals surface area contributed by atoms with Gasteiger partial charge in [-0.25, -0.2) is 4.98 Å². The molecule has 1 aromatic heterocycles. The van der Waals surface area contributed by atoms with Crippen LogP contribution in [0.25, 0.3) is 0 Å². The Morgan fingerprint density at radius 2 is 2.59 bits per heavy atom. The van der Waals surface area contributed by atoms with Gasteiger partial charge in [0.1, 0.15) is 12.2 Å². The fraction of sp³-hybridized carbons (Fsp3) is 0.727. The molecule has 2 rings (SSSR count). The zero-order valence-electron chi connectivity index (χ0n) is 10.1. The SMILES string of the molecule is CC1(C(=O)NCCc2ncn[nH]2)CCCC1N. The summed E-state index contributed by atoms with van der Waals surface area (Å²) >= 11 is 0. The largest absolute Gasteiger partial charge is 0.355 e. The first-order valence-electron chi connectivity index (χ1n) is 6.01. The minimum Gasteiger partial charge on any atom is -0.355 e. The van der Waals surface area contributed by atoms with Crippen molar-refractivity contribution >= 4 is 5.91 Å². The van der Waals surface area contributed by atoms with Crippen molar-refractivity contribution in [2.24, 2.45) is 11.1 Å². The Bertz CT molecular complexity index is 377. The maximum absolute atomic E-state index is 12.1. The zero-order chi connectivity index (χ0) is 12.3. The number of carbonyl (C=O) groups excluding carboxylic acids is 1. The van der Waals surface area contributed by atoms with Crippen molar-refractivity contribution in [2.45, 2.75) is 38.6 Å². The Labute approximate surface area is 100 Å². The highest BCUT2D eigenvalue weighted by atomic mass is 16.2. The van der Waals surface area contributed by atoms with Gasteiger partial charge in [-0.15, -0.1) is 0 Å². The number of H-pyrrole nitrogens is 1. The summed E-state index contributed by atoms with van der Waals surface area (Å²) in [5.74, 6) is 0.841. The van der Waals surface area contributed by atoms with Gasteiger partial charge in [-0.1, -0.05) is 6.42 Å². The first kappa shape index (κ1) is 12.0. The molecule has 1 fully saturated rings. The number of carbonyl (C=O) groups is 1. The van der Waals surface area contributed by atoms with Crippen molar-refractivity contribution in [3.05, 3.63) is 12.2 Å². The number of hydrogen-bond donors (Lipinski definition) is 3. The quantitative estimate of drug-likeness (QED) is 0.685. The molecule has 1 aromatic rings. The van der Waals surface area contributed by atoms with Crippen LogP contribution < -0.4 is 11.1 Å². The van der Waals surface area contributed by atoms with Crippen LogP contribution in [-0.2, 0) is 11.2 Å². The topological polar surface area (TPSA) is 96.7 Å². The maximum Gasteiger partial charge on any atom is 0.227 e. The molecule has 0 aliphatic heterocycles. The number of aromatic nitrogens is 3. The Morgan fingerprint density at radius 1 is 1.76 bits per heavy atom. The molecule has 0 spiro atoms. The molecular weight excluding hydrogens is 218 g/mol. The molecule has 2 atom stereocenters. The van der Waals surface area contributed by atoms with Gasteiger partial charge in [0, 0.05) is 19.0 Å². The molecule has 0 aromatic carbocycles. The van der Waals surface area contributed by atoms with Crippen molar-refractivity contribution in [1.29, 1.82) is 0 Å². The molecule has 1 saturated carbocycles. The van der Waals surface area contributed by atoms with Crippen LogP contribution in [0.4, 0.5) is 0 Å². The van der Waals surface area contributed by atoms with Crippen LogP contribution >= 0.6 is 0 Å². The Balaban J connectivity index is 1.81. The normalized spacial score (nSPS) is 28.2. The lowest BCUT2D eigenvalue weighted by atomic mass is 9.84. The van der Waals surface area contributed by atoms with Crippen LogP contribution in [0, 0.1) is 5.41 Å². The maximum atomic E-state index is 12.1. The van der Waals surface area contributed by atoms with Crippen molar-refractivity contribution in [3.63, 3.8) is 0 Å². The average molecular weight is 237 g/mol. The van der Waals surface area contributed by atoms with Gasteiger partial charge in [0.2, 0.25) is 5.91 Å². The highest BCUT2D eigenvalue weighted by Gasteiger charge is 2.42. The molecule has 0 radical (unpaired) electrons. The molecule has 1 heterocycles. The minimum absolute atomic E-state index is 0.0206. The zero-order valence-corrected chi connectivity index (χ0v) is 10.1. The van der Waals surface area contributed by atoms with E-state index in [1.54, 1.807) is 0 Å². The fourth-order valence-corrected chi connectivity index (χ4v) is 2.32. The molecule has 6 heteroatoms. The number of nitrogens with two attached hydrogens (primary N) is 1. The average Bonchev–Trinajstić information content (AvgIpc) is 2.91. The Hall–Kier alpha value is -1.43. The molecule has 2 unspecified atom stereocenters. The molecule has 0 saturated heterocycles. The lowest BCUT2D eigenvalue weighted by Gasteiger charge is -2.27. The molecule has 4 N–H and O–H groups in total. The van der Waals surface area contributed by atoms with Gasteiger partial charge in [0.05, 0.1) is 5.41 Å². The second-order valence-electron chi connectivity index (χ2n) is 4.85. The summed E-state index contributed by atoms with van der Waals surface area (Å²) in [6.07, 6.45) is 4.98. The van der Waals surface area contributed by atoms with E-state index in [0.717, 1.165) is 25.1 Å². The van der Waals surface area contributed by atoms with Gasteiger partial charge in [0.15, 0.2) is 0 Å². The summed E-state index contributed by atoms with van der Waals surface area (Å²) in [6, 6.07) is -0.0206. The van der Waals surface area contributed by atoms with Crippen LogP contribution in [0.2, 0.25) is 0 Å². The Morgan fingerprint density at radius 3 is 3.18 bits per heavy atom. The third-order valence-corrected chi connectivity index (χ3v) is 3.66. The predicted octanol–water partition coefficient (Wildman–Crippen LogP) is -0.0191. The van der Waals surface area contributed by atoms with Crippen molar-refractivity contribution < 1.29 is 4.79 Å². The number of rotatable bonds is 4. The molecular formula is C11H19N5O. The number of aromatic amines is 1. The molecule has 1 aliphatic carbocycles. The minimum atomic E-state index is -0.401. The molecule has 1 aliphatic rings. The van der Waals surface area contributed by atoms with Crippen LogP contribution in [0.3, 0.4) is 0 Å². The number of nitrogens with one attached hydrogen (secondary N) is 2. The van der Waals surface area contributed by atoms with Gasteiger partial charge < -0.3 is 11.1 Å². The highest BCUT2D eigenvalue weighted by Crippen LogP contribution is 2.36. The number of amides is 1. The number of nitrogens with zero attached hydrogens (tertiary/aromatic N) is 2. The molecule has 0 bridgehead atoms. The van der Waals surface area contributed by atoms with E-state index in [0.29, 0.717) is 13.0 Å². The Kier molecular flexibility index (Phi) is 3.42. The van der Waals surface area contributed by atoms with Gasteiger partial charge >= 0.3 is 0 Å². The summed E-state index contributed by atoms with van der Waals surface area (Å²) in [5.41, 5.74) is 5.59. The van der Waals surface area contributed by atoms with E-state index in [2.05, 4.69) is 20.5 Å². The van der Waals surface area contributed by atoms with E-state index in [1.165, 1.54) is 6.33 Å². The van der Waals surface area contributed by atoms with E-state index in [1.807, 2.05) is 6.92 Å². The lowest BCUT2D eigenvalue weighted by Crippen LogP contribution is -2.47.